The van der Waals surface area contributed by atoms with E-state index in [-0.39, 0.29) is 18.0 Å². The quantitative estimate of drug-likeness (QED) is 0.591. The number of carbonyl (C=O) groups is 1. The summed E-state index contributed by atoms with van der Waals surface area (Å²) in [5.41, 5.74) is 0.149. The lowest BCUT2D eigenvalue weighted by Crippen LogP contribution is -2.51. The maximum Gasteiger partial charge on any atom is 0.266 e. The Morgan fingerprint density at radius 1 is 1.35 bits per heavy atom. The summed E-state index contributed by atoms with van der Waals surface area (Å²) in [6, 6.07) is 6.54. The van der Waals surface area contributed by atoms with Crippen molar-refractivity contribution in [1.29, 1.82) is 0 Å². The third-order valence-corrected chi connectivity index (χ3v) is 5.89. The monoisotopic (exact) mass is 337 g/mol. The van der Waals surface area contributed by atoms with Crippen molar-refractivity contribution in [2.45, 2.75) is 31.6 Å². The van der Waals surface area contributed by atoms with Crippen LogP contribution in [0.25, 0.3) is 0 Å². The summed E-state index contributed by atoms with van der Waals surface area (Å²) < 4.78 is 32.0. The molecule has 2 rings (SSSR count). The molecule has 0 saturated carbocycles. The van der Waals surface area contributed by atoms with Gasteiger partial charge in [-0.2, -0.15) is 0 Å². The minimum absolute atomic E-state index is 0.146. The second-order valence-electron chi connectivity index (χ2n) is 6.16. The number of piperidine rings is 1. The number of nitrogens with zero attached hydrogens (tertiary/aromatic N) is 1. The van der Waals surface area contributed by atoms with E-state index in [2.05, 4.69) is 6.58 Å². The van der Waals surface area contributed by atoms with E-state index >= 15 is 0 Å². The maximum atomic E-state index is 12.8. The highest BCUT2D eigenvalue weighted by molar-refractivity contribution is 7.89. The zero-order valence-electron chi connectivity index (χ0n) is 13.6. The summed E-state index contributed by atoms with van der Waals surface area (Å²) in [6.07, 6.45) is 2.85. The SMILES string of the molecule is C=CCOC[C@]1(C)CCCN(S(=O)(=O)c2ccc(C)cc2)C1=O. The molecule has 1 atom stereocenters. The van der Waals surface area contributed by atoms with Gasteiger partial charge in [0.15, 0.2) is 0 Å². The summed E-state index contributed by atoms with van der Waals surface area (Å²) >= 11 is 0. The topological polar surface area (TPSA) is 63.7 Å². The molecule has 1 fully saturated rings. The lowest BCUT2D eigenvalue weighted by molar-refractivity contribution is -0.143. The van der Waals surface area contributed by atoms with Gasteiger partial charge < -0.3 is 4.74 Å². The first-order chi connectivity index (χ1) is 10.8. The van der Waals surface area contributed by atoms with E-state index in [1.807, 2.05) is 6.92 Å². The highest BCUT2D eigenvalue weighted by atomic mass is 32.2. The number of hydrogen-bond acceptors (Lipinski definition) is 4. The average Bonchev–Trinajstić information content (AvgIpc) is 2.51. The molecule has 1 heterocycles. The van der Waals surface area contributed by atoms with Gasteiger partial charge in [0.2, 0.25) is 5.91 Å². The van der Waals surface area contributed by atoms with Crippen molar-refractivity contribution in [2.24, 2.45) is 5.41 Å². The summed E-state index contributed by atoms with van der Waals surface area (Å²) in [5.74, 6) is -0.395. The minimum atomic E-state index is -3.82. The molecule has 1 aliphatic rings. The number of carbonyl (C=O) groups excluding carboxylic acids is 1. The molecule has 0 bridgehead atoms. The molecular weight excluding hydrogens is 314 g/mol. The van der Waals surface area contributed by atoms with Gasteiger partial charge in [-0.05, 0) is 38.8 Å². The lowest BCUT2D eigenvalue weighted by atomic mass is 9.83. The second-order valence-corrected chi connectivity index (χ2v) is 8.03. The van der Waals surface area contributed by atoms with Crippen LogP contribution < -0.4 is 0 Å². The Balaban J connectivity index is 2.26. The zero-order valence-corrected chi connectivity index (χ0v) is 14.4. The largest absolute Gasteiger partial charge is 0.376 e. The Hall–Kier alpha value is -1.66. The van der Waals surface area contributed by atoms with Crippen LogP contribution in [-0.4, -0.2) is 38.4 Å². The molecule has 126 valence electrons. The smallest absolute Gasteiger partial charge is 0.266 e. The van der Waals surface area contributed by atoms with Crippen LogP contribution in [0.5, 0.6) is 0 Å². The van der Waals surface area contributed by atoms with Crippen LogP contribution in [0.15, 0.2) is 41.8 Å². The van der Waals surface area contributed by atoms with Crippen LogP contribution >= 0.6 is 0 Å². The molecule has 5 nitrogen and oxygen atoms in total. The molecule has 1 aromatic rings. The van der Waals surface area contributed by atoms with E-state index in [1.54, 1.807) is 25.1 Å². The first kappa shape index (κ1) is 17.7. The number of rotatable bonds is 6. The van der Waals surface area contributed by atoms with E-state index in [0.717, 1.165) is 9.87 Å². The number of hydrogen-bond donors (Lipinski definition) is 0. The maximum absolute atomic E-state index is 12.8. The Kier molecular flexibility index (Phi) is 5.26. The molecule has 0 N–H and O–H groups in total. The van der Waals surface area contributed by atoms with E-state index < -0.39 is 21.3 Å². The standard InChI is InChI=1S/C17H23NO4S/c1-4-12-22-13-17(3)10-5-11-18(16(17)19)23(20,21)15-8-6-14(2)7-9-15/h4,6-9H,1,5,10-13H2,2-3H3/t17-/m0/s1. The van der Waals surface area contributed by atoms with E-state index in [1.165, 1.54) is 12.1 Å². The number of ether oxygens (including phenoxy) is 1. The van der Waals surface area contributed by atoms with Crippen molar-refractivity contribution in [2.75, 3.05) is 19.8 Å². The van der Waals surface area contributed by atoms with Gasteiger partial charge in [-0.15, -0.1) is 6.58 Å². The van der Waals surface area contributed by atoms with Gasteiger partial charge in [-0.1, -0.05) is 23.8 Å². The van der Waals surface area contributed by atoms with Crippen molar-refractivity contribution in [1.82, 2.24) is 4.31 Å². The van der Waals surface area contributed by atoms with Crippen LogP contribution in [0.1, 0.15) is 25.3 Å². The molecule has 0 radical (unpaired) electrons. The molecule has 0 aliphatic carbocycles. The van der Waals surface area contributed by atoms with Crippen molar-refractivity contribution in [3.05, 3.63) is 42.5 Å². The Labute approximate surface area is 138 Å². The van der Waals surface area contributed by atoms with Crippen molar-refractivity contribution >= 4 is 15.9 Å². The van der Waals surface area contributed by atoms with Crippen LogP contribution in [-0.2, 0) is 19.6 Å². The van der Waals surface area contributed by atoms with Crippen molar-refractivity contribution < 1.29 is 17.9 Å². The summed E-state index contributed by atoms with van der Waals surface area (Å²) in [5, 5.41) is 0. The molecule has 0 aromatic heterocycles. The van der Waals surface area contributed by atoms with Gasteiger partial charge in [0, 0.05) is 6.54 Å². The van der Waals surface area contributed by atoms with Gasteiger partial charge >= 0.3 is 0 Å². The zero-order chi connectivity index (χ0) is 17.1. The molecule has 6 heteroatoms. The van der Waals surface area contributed by atoms with E-state index in [4.69, 9.17) is 4.74 Å². The number of sulfonamides is 1. The first-order valence-corrected chi connectivity index (χ1v) is 9.08. The normalized spacial score (nSPS) is 22.2. The van der Waals surface area contributed by atoms with E-state index in [9.17, 15) is 13.2 Å². The van der Waals surface area contributed by atoms with Crippen LogP contribution in [0.3, 0.4) is 0 Å². The number of aryl methyl sites for hydroxylation is 1. The molecule has 23 heavy (non-hydrogen) atoms. The molecule has 1 saturated heterocycles. The Morgan fingerprint density at radius 3 is 2.61 bits per heavy atom. The summed E-state index contributed by atoms with van der Waals surface area (Å²) in [4.78, 5) is 12.9. The first-order valence-electron chi connectivity index (χ1n) is 7.64. The Morgan fingerprint density at radius 2 is 2.00 bits per heavy atom. The highest BCUT2D eigenvalue weighted by Gasteiger charge is 2.44. The van der Waals surface area contributed by atoms with Gasteiger partial charge in [-0.25, -0.2) is 12.7 Å². The summed E-state index contributed by atoms with van der Waals surface area (Å²) in [7, 11) is -3.82. The average molecular weight is 337 g/mol. The van der Waals surface area contributed by atoms with Crippen LogP contribution in [0.2, 0.25) is 0 Å². The van der Waals surface area contributed by atoms with Gasteiger partial charge in [0.1, 0.15) is 0 Å². The highest BCUT2D eigenvalue weighted by Crippen LogP contribution is 2.34. The molecule has 1 aromatic carbocycles. The van der Waals surface area contributed by atoms with Crippen LogP contribution in [0, 0.1) is 12.3 Å². The molecule has 0 spiro atoms. The molecule has 1 amide bonds. The number of amides is 1. The fraction of sp³-hybridized carbons (Fsp3) is 0.471. The summed E-state index contributed by atoms with van der Waals surface area (Å²) in [6.45, 7) is 7.96. The molecule has 0 unspecified atom stereocenters. The van der Waals surface area contributed by atoms with Gasteiger partial charge in [0.25, 0.3) is 10.0 Å². The second kappa shape index (κ2) is 6.84. The third-order valence-electron chi connectivity index (χ3n) is 4.10. The fourth-order valence-corrected chi connectivity index (χ4v) is 4.23. The van der Waals surface area contributed by atoms with Crippen molar-refractivity contribution in [3.63, 3.8) is 0 Å². The fourth-order valence-electron chi connectivity index (χ4n) is 2.69. The van der Waals surface area contributed by atoms with Crippen LogP contribution in [0.4, 0.5) is 0 Å². The van der Waals surface area contributed by atoms with E-state index in [0.29, 0.717) is 19.4 Å². The third kappa shape index (κ3) is 3.64. The van der Waals surface area contributed by atoms with Gasteiger partial charge in [0.05, 0.1) is 23.5 Å². The molecular formula is C17H23NO4S. The lowest BCUT2D eigenvalue weighted by Gasteiger charge is -2.38. The minimum Gasteiger partial charge on any atom is -0.376 e. The predicted molar refractivity (Wildman–Crippen MR) is 88.4 cm³/mol. The predicted octanol–water partition coefficient (Wildman–Crippen LogP) is 2.52. The van der Waals surface area contributed by atoms with Crippen molar-refractivity contribution in [3.8, 4) is 0 Å². The number of benzene rings is 1. The Bertz CT molecular complexity index is 681. The van der Waals surface area contributed by atoms with Gasteiger partial charge in [-0.3, -0.25) is 4.79 Å². The molecule has 1 aliphatic heterocycles.